The zero-order chi connectivity index (χ0) is 21.3. The Balaban J connectivity index is 1.67. The van der Waals surface area contributed by atoms with E-state index in [9.17, 15) is 9.59 Å². The van der Waals surface area contributed by atoms with Crippen LogP contribution in [0.25, 0.3) is 0 Å². The number of carbonyl (C=O) groups excluding carboxylic acids is 2. The predicted octanol–water partition coefficient (Wildman–Crippen LogP) is 5.99. The Hall–Kier alpha value is -2.92. The van der Waals surface area contributed by atoms with Crippen molar-refractivity contribution in [3.63, 3.8) is 0 Å². The van der Waals surface area contributed by atoms with Crippen molar-refractivity contribution in [1.82, 2.24) is 0 Å². The lowest BCUT2D eigenvalue weighted by atomic mass is 9.88. The van der Waals surface area contributed by atoms with Gasteiger partial charge in [-0.3, -0.25) is 9.59 Å². The minimum absolute atomic E-state index is 0.157. The minimum Gasteiger partial charge on any atom is -0.322 e. The van der Waals surface area contributed by atoms with Crippen molar-refractivity contribution in [2.45, 2.75) is 40.0 Å². The first kappa shape index (κ1) is 20.4. The van der Waals surface area contributed by atoms with E-state index < -0.39 is 0 Å². The van der Waals surface area contributed by atoms with E-state index in [0.717, 1.165) is 41.6 Å². The molecule has 0 saturated heterocycles. The fourth-order valence-electron chi connectivity index (χ4n) is 3.86. The Morgan fingerprint density at radius 3 is 2.43 bits per heavy atom. The molecule has 0 fully saturated rings. The van der Waals surface area contributed by atoms with Gasteiger partial charge in [-0.2, -0.15) is 0 Å². The van der Waals surface area contributed by atoms with Crippen LogP contribution in [0.4, 0.5) is 10.7 Å². The number of hydrogen-bond donors (Lipinski definition) is 2. The lowest BCUT2D eigenvalue weighted by Crippen LogP contribution is -2.19. The van der Waals surface area contributed by atoms with Crippen molar-refractivity contribution in [2.75, 3.05) is 10.6 Å². The standard InChI is InChI=1S/C25H26N2O2S/c1-15-8-11-18(12-9-15)23(28)27-25-22(19-13-10-16(2)14-21(19)30-25)24(29)26-20-7-5-4-6-17(20)3/h4-9,11-12,16H,10,13-14H2,1-3H3,(H,26,29)(H,27,28)/t16-/m0/s1. The quantitative estimate of drug-likeness (QED) is 0.546. The van der Waals surface area contributed by atoms with Gasteiger partial charge in [0, 0.05) is 16.1 Å². The number of aryl methyl sites for hydroxylation is 2. The van der Waals surface area contributed by atoms with Crippen LogP contribution in [-0.2, 0) is 12.8 Å². The van der Waals surface area contributed by atoms with Crippen molar-refractivity contribution < 1.29 is 9.59 Å². The third kappa shape index (κ3) is 4.17. The summed E-state index contributed by atoms with van der Waals surface area (Å²) < 4.78 is 0. The maximum absolute atomic E-state index is 13.3. The topological polar surface area (TPSA) is 58.2 Å². The van der Waals surface area contributed by atoms with Crippen LogP contribution in [0.3, 0.4) is 0 Å². The molecule has 0 radical (unpaired) electrons. The predicted molar refractivity (Wildman–Crippen MR) is 124 cm³/mol. The molecule has 154 valence electrons. The van der Waals surface area contributed by atoms with Gasteiger partial charge in [0.1, 0.15) is 5.00 Å². The van der Waals surface area contributed by atoms with Crippen LogP contribution in [0.15, 0.2) is 48.5 Å². The zero-order valence-corrected chi connectivity index (χ0v) is 18.4. The van der Waals surface area contributed by atoms with E-state index in [1.165, 1.54) is 4.88 Å². The molecular weight excluding hydrogens is 392 g/mol. The smallest absolute Gasteiger partial charge is 0.258 e. The van der Waals surface area contributed by atoms with E-state index in [2.05, 4.69) is 17.6 Å². The van der Waals surface area contributed by atoms with E-state index >= 15 is 0 Å². The first-order valence-electron chi connectivity index (χ1n) is 10.3. The van der Waals surface area contributed by atoms with E-state index in [1.54, 1.807) is 11.3 Å². The molecule has 1 aliphatic rings. The number of thiophene rings is 1. The largest absolute Gasteiger partial charge is 0.322 e. The Morgan fingerprint density at radius 2 is 1.70 bits per heavy atom. The van der Waals surface area contributed by atoms with Crippen molar-refractivity contribution >= 4 is 33.8 Å². The molecule has 3 aromatic rings. The number of carbonyl (C=O) groups is 2. The van der Waals surface area contributed by atoms with Gasteiger partial charge in [-0.15, -0.1) is 11.3 Å². The maximum atomic E-state index is 13.3. The third-order valence-corrected chi connectivity index (χ3v) is 6.84. The summed E-state index contributed by atoms with van der Waals surface area (Å²) in [5.74, 6) is 0.242. The second-order valence-electron chi connectivity index (χ2n) is 8.15. The number of benzene rings is 2. The van der Waals surface area contributed by atoms with Crippen LogP contribution in [0, 0.1) is 19.8 Å². The highest BCUT2D eigenvalue weighted by Gasteiger charge is 2.28. The number of anilines is 2. The summed E-state index contributed by atoms with van der Waals surface area (Å²) in [5, 5.41) is 6.71. The second-order valence-corrected chi connectivity index (χ2v) is 9.25. The summed E-state index contributed by atoms with van der Waals surface area (Å²) in [6.45, 7) is 6.20. The van der Waals surface area contributed by atoms with E-state index in [-0.39, 0.29) is 11.8 Å². The molecule has 0 saturated carbocycles. The molecule has 1 atom stereocenters. The summed E-state index contributed by atoms with van der Waals surface area (Å²) in [6, 6.07) is 15.2. The summed E-state index contributed by atoms with van der Waals surface area (Å²) in [5.41, 5.74) is 5.20. The Morgan fingerprint density at radius 1 is 0.967 bits per heavy atom. The van der Waals surface area contributed by atoms with Gasteiger partial charge in [0.25, 0.3) is 11.8 Å². The molecule has 0 bridgehead atoms. The van der Waals surface area contributed by atoms with Gasteiger partial charge in [0.05, 0.1) is 5.56 Å². The molecule has 4 nitrogen and oxygen atoms in total. The maximum Gasteiger partial charge on any atom is 0.258 e. The summed E-state index contributed by atoms with van der Waals surface area (Å²) in [7, 11) is 0. The molecule has 0 aliphatic heterocycles. The van der Waals surface area contributed by atoms with Crippen LogP contribution in [0.1, 0.15) is 55.6 Å². The molecular formula is C25H26N2O2S. The Kier molecular flexibility index (Phi) is 5.73. The van der Waals surface area contributed by atoms with Crippen molar-refractivity contribution in [3.05, 3.63) is 81.2 Å². The summed E-state index contributed by atoms with van der Waals surface area (Å²) in [6.07, 6.45) is 2.87. The number of para-hydroxylation sites is 1. The van der Waals surface area contributed by atoms with Gasteiger partial charge in [-0.25, -0.2) is 0 Å². The van der Waals surface area contributed by atoms with Gasteiger partial charge >= 0.3 is 0 Å². The molecule has 1 heterocycles. The fourth-order valence-corrected chi connectivity index (χ4v) is 5.26. The highest BCUT2D eigenvalue weighted by molar-refractivity contribution is 7.17. The van der Waals surface area contributed by atoms with Crippen molar-refractivity contribution in [1.29, 1.82) is 0 Å². The second kappa shape index (κ2) is 8.44. The average Bonchev–Trinajstić information content (AvgIpc) is 3.07. The molecule has 2 aromatic carbocycles. The molecule has 2 amide bonds. The normalized spacial score (nSPS) is 15.4. The lowest BCUT2D eigenvalue weighted by Gasteiger charge is -2.19. The lowest BCUT2D eigenvalue weighted by molar-refractivity contribution is 0.102. The molecule has 4 rings (SSSR count). The fraction of sp³-hybridized carbons (Fsp3) is 0.280. The molecule has 5 heteroatoms. The number of amides is 2. The van der Waals surface area contributed by atoms with Crippen LogP contribution < -0.4 is 10.6 Å². The number of hydrogen-bond acceptors (Lipinski definition) is 3. The molecule has 0 spiro atoms. The molecule has 1 aromatic heterocycles. The van der Waals surface area contributed by atoms with Crippen molar-refractivity contribution in [3.8, 4) is 0 Å². The van der Waals surface area contributed by atoms with E-state index in [0.29, 0.717) is 22.0 Å². The number of fused-ring (bicyclic) bond motifs is 1. The van der Waals surface area contributed by atoms with E-state index in [4.69, 9.17) is 0 Å². The third-order valence-electron chi connectivity index (χ3n) is 5.67. The molecule has 1 aliphatic carbocycles. The van der Waals surface area contributed by atoms with Gasteiger partial charge < -0.3 is 10.6 Å². The van der Waals surface area contributed by atoms with Crippen LogP contribution in [-0.4, -0.2) is 11.8 Å². The van der Waals surface area contributed by atoms with E-state index in [1.807, 2.05) is 62.4 Å². The van der Waals surface area contributed by atoms with Gasteiger partial charge in [-0.1, -0.05) is 42.8 Å². The highest BCUT2D eigenvalue weighted by Crippen LogP contribution is 2.40. The monoisotopic (exact) mass is 418 g/mol. The molecule has 0 unspecified atom stereocenters. The average molecular weight is 419 g/mol. The summed E-state index contributed by atoms with van der Waals surface area (Å²) in [4.78, 5) is 27.4. The zero-order valence-electron chi connectivity index (χ0n) is 17.5. The molecule has 30 heavy (non-hydrogen) atoms. The summed E-state index contributed by atoms with van der Waals surface area (Å²) >= 11 is 1.54. The van der Waals surface area contributed by atoms with Crippen LogP contribution in [0.2, 0.25) is 0 Å². The van der Waals surface area contributed by atoms with Gasteiger partial charge in [0.2, 0.25) is 0 Å². The Labute approximate surface area is 181 Å². The number of rotatable bonds is 4. The highest BCUT2D eigenvalue weighted by atomic mass is 32.1. The first-order valence-corrected chi connectivity index (χ1v) is 11.1. The van der Waals surface area contributed by atoms with Gasteiger partial charge in [0.15, 0.2) is 0 Å². The Bertz CT molecular complexity index is 1100. The first-order chi connectivity index (χ1) is 14.4. The van der Waals surface area contributed by atoms with Crippen LogP contribution in [0.5, 0.6) is 0 Å². The minimum atomic E-state index is -0.188. The van der Waals surface area contributed by atoms with Crippen LogP contribution >= 0.6 is 11.3 Å². The van der Waals surface area contributed by atoms with Gasteiger partial charge in [-0.05, 0) is 68.4 Å². The molecule has 2 N–H and O–H groups in total. The van der Waals surface area contributed by atoms with Crippen molar-refractivity contribution in [2.24, 2.45) is 5.92 Å². The number of nitrogens with one attached hydrogen (secondary N) is 2. The SMILES string of the molecule is Cc1ccc(C(=O)Nc2sc3c(c2C(=O)Nc2ccccc2C)CC[C@H](C)C3)cc1.